The molecule has 0 N–H and O–H groups in total. The van der Waals surface area contributed by atoms with E-state index >= 15 is 0 Å². The molecule has 0 unspecified atom stereocenters. The first kappa shape index (κ1) is 11.0. The minimum Gasteiger partial charge on any atom is -0.256 e. The molecule has 1 aromatic heterocycles. The second kappa shape index (κ2) is 4.34. The van der Waals surface area contributed by atoms with Crippen molar-refractivity contribution in [1.82, 2.24) is 4.98 Å². The van der Waals surface area contributed by atoms with Crippen LogP contribution in [-0.2, 0) is 5.41 Å². The third-order valence-corrected chi connectivity index (χ3v) is 4.14. The quantitative estimate of drug-likeness (QED) is 0.743. The SMILES string of the molecule is [2H]c1ccnc(-c2ccc3c(c2)C=C(CC)C3(C)C)c1. The summed E-state index contributed by atoms with van der Waals surface area (Å²) >= 11 is 0. The van der Waals surface area contributed by atoms with Gasteiger partial charge in [-0.2, -0.15) is 0 Å². The van der Waals surface area contributed by atoms with Crippen LogP contribution in [0.5, 0.6) is 0 Å². The molecule has 0 radical (unpaired) electrons. The highest BCUT2D eigenvalue weighted by atomic mass is 14.7. The Morgan fingerprint density at radius 3 is 2.84 bits per heavy atom. The molecule has 1 aliphatic rings. The van der Waals surface area contributed by atoms with E-state index in [-0.39, 0.29) is 5.41 Å². The molecule has 1 nitrogen and oxygen atoms in total. The Balaban J connectivity index is 2.10. The number of nitrogens with zero attached hydrogens (tertiary/aromatic N) is 1. The van der Waals surface area contributed by atoms with Crippen molar-refractivity contribution in [3.63, 3.8) is 0 Å². The van der Waals surface area contributed by atoms with Gasteiger partial charge in [0.25, 0.3) is 0 Å². The smallest absolute Gasteiger partial charge is 0.0702 e. The Labute approximate surface area is 116 Å². The molecule has 96 valence electrons. The van der Waals surface area contributed by atoms with Gasteiger partial charge in [0.1, 0.15) is 0 Å². The standard InChI is InChI=1S/C18H19N/c1-4-15-12-14-11-13(17-7-5-6-10-19-17)8-9-16(14)18(15,2)3/h5-12H,4H2,1-3H3/i5D. The number of allylic oxidation sites excluding steroid dienone is 1. The van der Waals surface area contributed by atoms with Crippen LogP contribution in [0.1, 0.15) is 39.7 Å². The zero-order chi connectivity index (χ0) is 14.3. The molecule has 0 amide bonds. The number of aromatic nitrogens is 1. The molecule has 0 bridgehead atoms. The summed E-state index contributed by atoms with van der Waals surface area (Å²) in [5, 5.41) is 0. The summed E-state index contributed by atoms with van der Waals surface area (Å²) in [6, 6.07) is 10.5. The van der Waals surface area contributed by atoms with Gasteiger partial charge in [0.15, 0.2) is 0 Å². The van der Waals surface area contributed by atoms with Gasteiger partial charge in [-0.15, -0.1) is 0 Å². The molecule has 0 fully saturated rings. The summed E-state index contributed by atoms with van der Waals surface area (Å²) in [6.07, 6.45) is 5.09. The Kier molecular flexibility index (Phi) is 2.51. The van der Waals surface area contributed by atoms with Gasteiger partial charge in [-0.1, -0.05) is 50.6 Å². The third kappa shape index (κ3) is 1.90. The van der Waals surface area contributed by atoms with Gasteiger partial charge >= 0.3 is 0 Å². The van der Waals surface area contributed by atoms with Gasteiger partial charge in [0.2, 0.25) is 0 Å². The summed E-state index contributed by atoms with van der Waals surface area (Å²) in [7, 11) is 0. The van der Waals surface area contributed by atoms with Gasteiger partial charge < -0.3 is 0 Å². The van der Waals surface area contributed by atoms with Gasteiger partial charge in [0.05, 0.1) is 7.06 Å². The van der Waals surface area contributed by atoms with Crippen LogP contribution in [0.15, 0.2) is 48.1 Å². The van der Waals surface area contributed by atoms with E-state index in [9.17, 15) is 0 Å². The fourth-order valence-corrected chi connectivity index (χ4v) is 2.98. The average molecular weight is 250 g/mol. The number of benzene rings is 1. The molecule has 3 rings (SSSR count). The number of pyridine rings is 1. The summed E-state index contributed by atoms with van der Waals surface area (Å²) < 4.78 is 7.71. The van der Waals surface area contributed by atoms with Crippen LogP contribution in [0.3, 0.4) is 0 Å². The van der Waals surface area contributed by atoms with Crippen LogP contribution < -0.4 is 0 Å². The molecule has 1 heterocycles. The first-order valence-electron chi connectivity index (χ1n) is 7.31. The highest BCUT2D eigenvalue weighted by Crippen LogP contribution is 2.43. The predicted octanol–water partition coefficient (Wildman–Crippen LogP) is 4.83. The van der Waals surface area contributed by atoms with Crippen molar-refractivity contribution in [2.24, 2.45) is 0 Å². The van der Waals surface area contributed by atoms with Crippen LogP contribution in [0.2, 0.25) is 0 Å². The molecule has 1 heteroatoms. The lowest BCUT2D eigenvalue weighted by Gasteiger charge is -2.24. The normalized spacial score (nSPS) is 16.8. The second-order valence-corrected chi connectivity index (χ2v) is 5.59. The van der Waals surface area contributed by atoms with E-state index in [4.69, 9.17) is 1.37 Å². The first-order chi connectivity index (χ1) is 9.52. The van der Waals surface area contributed by atoms with E-state index in [1.165, 1.54) is 16.7 Å². The van der Waals surface area contributed by atoms with Crippen LogP contribution in [-0.4, -0.2) is 4.98 Å². The monoisotopic (exact) mass is 250 g/mol. The van der Waals surface area contributed by atoms with Crippen LogP contribution in [0.4, 0.5) is 0 Å². The largest absolute Gasteiger partial charge is 0.256 e. The van der Waals surface area contributed by atoms with Gasteiger partial charge in [-0.25, -0.2) is 0 Å². The van der Waals surface area contributed by atoms with Crippen LogP contribution in [0, 0.1) is 0 Å². The second-order valence-electron chi connectivity index (χ2n) is 5.59. The molecule has 0 aliphatic heterocycles. The topological polar surface area (TPSA) is 12.9 Å². The Hall–Kier alpha value is -1.89. The Morgan fingerprint density at radius 1 is 1.26 bits per heavy atom. The minimum atomic E-state index is 0.132. The summed E-state index contributed by atoms with van der Waals surface area (Å²) in [4.78, 5) is 4.37. The number of fused-ring (bicyclic) bond motifs is 1. The van der Waals surface area contributed by atoms with E-state index in [0.29, 0.717) is 6.04 Å². The highest BCUT2D eigenvalue weighted by molar-refractivity contribution is 5.74. The molecular weight excluding hydrogens is 230 g/mol. The lowest BCUT2D eigenvalue weighted by molar-refractivity contribution is 0.618. The molecule has 2 aromatic rings. The van der Waals surface area contributed by atoms with Crippen molar-refractivity contribution in [3.8, 4) is 11.3 Å². The maximum atomic E-state index is 7.71. The Morgan fingerprint density at radius 2 is 2.11 bits per heavy atom. The lowest BCUT2D eigenvalue weighted by atomic mass is 9.80. The van der Waals surface area contributed by atoms with Gasteiger partial charge in [-0.05, 0) is 35.7 Å². The number of rotatable bonds is 2. The maximum Gasteiger partial charge on any atom is 0.0702 e. The van der Waals surface area contributed by atoms with E-state index in [0.717, 1.165) is 17.7 Å². The minimum absolute atomic E-state index is 0.132. The molecular formula is C18H19N. The average Bonchev–Trinajstić information content (AvgIpc) is 2.69. The zero-order valence-corrected chi connectivity index (χ0v) is 11.7. The van der Waals surface area contributed by atoms with Crippen molar-refractivity contribution < 1.29 is 1.37 Å². The summed E-state index contributed by atoms with van der Waals surface area (Å²) in [6.45, 7) is 6.79. The maximum absolute atomic E-state index is 7.71. The third-order valence-electron chi connectivity index (χ3n) is 4.14. The molecule has 1 aliphatic carbocycles. The van der Waals surface area contributed by atoms with E-state index in [1.807, 2.05) is 6.07 Å². The molecule has 0 atom stereocenters. The number of hydrogen-bond acceptors (Lipinski definition) is 1. The molecule has 0 spiro atoms. The molecule has 1 aromatic carbocycles. The van der Waals surface area contributed by atoms with Gasteiger partial charge in [0, 0.05) is 17.2 Å². The first-order valence-corrected chi connectivity index (χ1v) is 6.81. The summed E-state index contributed by atoms with van der Waals surface area (Å²) in [5.74, 6) is 0. The van der Waals surface area contributed by atoms with E-state index in [1.54, 1.807) is 12.3 Å². The predicted molar refractivity (Wildman–Crippen MR) is 81.0 cm³/mol. The van der Waals surface area contributed by atoms with E-state index in [2.05, 4.69) is 50.0 Å². The fraction of sp³-hybridized carbons (Fsp3) is 0.278. The van der Waals surface area contributed by atoms with Crippen LogP contribution >= 0.6 is 0 Å². The lowest BCUT2D eigenvalue weighted by Crippen LogP contribution is -2.16. The van der Waals surface area contributed by atoms with Gasteiger partial charge in [-0.3, -0.25) is 4.98 Å². The van der Waals surface area contributed by atoms with Crippen molar-refractivity contribution in [3.05, 3.63) is 59.3 Å². The summed E-state index contributed by atoms with van der Waals surface area (Å²) in [5.41, 5.74) is 6.25. The zero-order valence-electron chi connectivity index (χ0n) is 12.7. The van der Waals surface area contributed by atoms with Crippen molar-refractivity contribution in [2.75, 3.05) is 0 Å². The van der Waals surface area contributed by atoms with Crippen molar-refractivity contribution in [1.29, 1.82) is 0 Å². The van der Waals surface area contributed by atoms with E-state index < -0.39 is 0 Å². The molecule has 19 heavy (non-hydrogen) atoms. The van der Waals surface area contributed by atoms with Crippen molar-refractivity contribution in [2.45, 2.75) is 32.6 Å². The highest BCUT2D eigenvalue weighted by Gasteiger charge is 2.31. The number of hydrogen-bond donors (Lipinski definition) is 0. The fourth-order valence-electron chi connectivity index (χ4n) is 2.98. The molecule has 0 saturated heterocycles. The molecule has 0 saturated carbocycles. The van der Waals surface area contributed by atoms with Crippen molar-refractivity contribution >= 4 is 6.08 Å². The Bertz CT molecular complexity index is 698. The van der Waals surface area contributed by atoms with Crippen LogP contribution in [0.25, 0.3) is 17.3 Å².